The van der Waals surface area contributed by atoms with Crippen LogP contribution in [0.15, 0.2) is 0 Å². The van der Waals surface area contributed by atoms with Crippen LogP contribution in [0.4, 0.5) is 0 Å². The Hall–Kier alpha value is -0.610. The van der Waals surface area contributed by atoms with E-state index in [1.807, 2.05) is 27.7 Å². The van der Waals surface area contributed by atoms with E-state index in [9.17, 15) is 4.79 Å². The van der Waals surface area contributed by atoms with Gasteiger partial charge in [-0.2, -0.15) is 0 Å². The van der Waals surface area contributed by atoms with Crippen LogP contribution in [0.1, 0.15) is 69.2 Å². The maximum absolute atomic E-state index is 11.8. The summed E-state index contributed by atoms with van der Waals surface area (Å²) in [7, 11) is 0. The Morgan fingerprint density at radius 1 is 0.810 bits per heavy atom. The van der Waals surface area contributed by atoms with Crippen molar-refractivity contribution in [2.75, 3.05) is 0 Å². The molecule has 0 N–H and O–H groups in total. The summed E-state index contributed by atoms with van der Waals surface area (Å²) < 4.78 is 18.6. The second-order valence-corrected chi connectivity index (χ2v) is 8.55. The van der Waals surface area contributed by atoms with Gasteiger partial charge in [0.25, 0.3) is 0 Å². The van der Waals surface area contributed by atoms with Gasteiger partial charge in [0.1, 0.15) is 11.2 Å². The Kier molecular flexibility index (Phi) is 3.05. The Labute approximate surface area is 128 Å². The summed E-state index contributed by atoms with van der Waals surface area (Å²) in [6.45, 7) is 20.0. The molecular weight excluding hydrogens is 268 g/mol. The number of hydrogen-bond acceptors (Lipinski definition) is 4. The van der Waals surface area contributed by atoms with E-state index in [0.717, 1.165) is 0 Å². The molecule has 21 heavy (non-hydrogen) atoms. The molecule has 0 spiro atoms. The smallest absolute Gasteiger partial charge is 0.303 e. The average Bonchev–Trinajstić information content (AvgIpc) is 2.39. The molecule has 122 valence electrons. The second-order valence-electron chi connectivity index (χ2n) is 8.55. The van der Waals surface area contributed by atoms with Gasteiger partial charge in [0.15, 0.2) is 5.79 Å². The molecule has 2 aliphatic heterocycles. The summed E-state index contributed by atoms with van der Waals surface area (Å²) >= 11 is 0. The third-order valence-corrected chi connectivity index (χ3v) is 7.01. The van der Waals surface area contributed by atoms with Crippen molar-refractivity contribution in [3.8, 4) is 0 Å². The van der Waals surface area contributed by atoms with Crippen molar-refractivity contribution < 1.29 is 19.0 Å². The lowest BCUT2D eigenvalue weighted by Gasteiger charge is -2.53. The first kappa shape index (κ1) is 16.8. The SMILES string of the molecule is CC(=O)O[C@]1(C)C(C)(C)O[C@@]2(C)OC(C)(C)C(C)(C)[C@]21C. The molecule has 2 aliphatic rings. The highest BCUT2D eigenvalue weighted by molar-refractivity contribution is 5.67. The van der Waals surface area contributed by atoms with Crippen molar-refractivity contribution in [2.45, 2.75) is 91.8 Å². The Morgan fingerprint density at radius 2 is 1.24 bits per heavy atom. The third kappa shape index (κ3) is 1.56. The summed E-state index contributed by atoms with van der Waals surface area (Å²) in [5.74, 6) is -1.10. The summed E-state index contributed by atoms with van der Waals surface area (Å²) in [5.41, 5.74) is -2.58. The number of esters is 1. The highest BCUT2D eigenvalue weighted by Gasteiger charge is 2.84. The van der Waals surface area contributed by atoms with Gasteiger partial charge in [0.05, 0.1) is 11.0 Å². The number of fused-ring (bicyclic) bond motifs is 1. The molecule has 4 nitrogen and oxygen atoms in total. The number of rotatable bonds is 1. The predicted molar refractivity (Wildman–Crippen MR) is 80.8 cm³/mol. The van der Waals surface area contributed by atoms with Crippen LogP contribution in [0.3, 0.4) is 0 Å². The highest BCUT2D eigenvalue weighted by Crippen LogP contribution is 2.74. The van der Waals surface area contributed by atoms with E-state index in [2.05, 4.69) is 34.6 Å². The van der Waals surface area contributed by atoms with Crippen molar-refractivity contribution in [1.29, 1.82) is 0 Å². The minimum absolute atomic E-state index is 0.257. The van der Waals surface area contributed by atoms with Crippen molar-refractivity contribution >= 4 is 5.97 Å². The highest BCUT2D eigenvalue weighted by atomic mass is 16.7. The van der Waals surface area contributed by atoms with Crippen LogP contribution in [0.25, 0.3) is 0 Å². The van der Waals surface area contributed by atoms with Crippen molar-refractivity contribution in [3.05, 3.63) is 0 Å². The zero-order chi connectivity index (χ0) is 16.7. The summed E-state index contributed by atoms with van der Waals surface area (Å²) in [6.07, 6.45) is 0. The van der Waals surface area contributed by atoms with Crippen LogP contribution in [-0.2, 0) is 19.0 Å². The molecule has 3 atom stereocenters. The first-order valence-electron chi connectivity index (χ1n) is 7.68. The molecule has 2 fully saturated rings. The minimum atomic E-state index is -0.812. The van der Waals surface area contributed by atoms with Crippen molar-refractivity contribution in [1.82, 2.24) is 0 Å². The fraction of sp³-hybridized carbons (Fsp3) is 0.941. The van der Waals surface area contributed by atoms with Gasteiger partial charge in [0.2, 0.25) is 0 Å². The topological polar surface area (TPSA) is 44.8 Å². The van der Waals surface area contributed by atoms with Gasteiger partial charge in [-0.25, -0.2) is 0 Å². The van der Waals surface area contributed by atoms with Gasteiger partial charge in [-0.1, -0.05) is 13.8 Å². The Bertz CT molecular complexity index is 493. The van der Waals surface area contributed by atoms with Gasteiger partial charge in [0, 0.05) is 12.3 Å². The molecule has 0 aromatic rings. The summed E-state index contributed by atoms with van der Waals surface area (Å²) in [5, 5.41) is 0. The van der Waals surface area contributed by atoms with Crippen LogP contribution in [0.2, 0.25) is 0 Å². The molecule has 0 bridgehead atoms. The number of hydrogen-bond donors (Lipinski definition) is 0. The number of carbonyl (C=O) groups excluding carboxylic acids is 1. The van der Waals surface area contributed by atoms with Gasteiger partial charge < -0.3 is 14.2 Å². The number of ether oxygens (including phenoxy) is 3. The van der Waals surface area contributed by atoms with E-state index in [1.54, 1.807) is 0 Å². The maximum Gasteiger partial charge on any atom is 0.303 e. The first-order valence-corrected chi connectivity index (χ1v) is 7.68. The van der Waals surface area contributed by atoms with Gasteiger partial charge in [-0.15, -0.1) is 0 Å². The van der Waals surface area contributed by atoms with Crippen LogP contribution < -0.4 is 0 Å². The number of carbonyl (C=O) groups is 1. The lowest BCUT2D eigenvalue weighted by molar-refractivity contribution is -0.266. The lowest BCUT2D eigenvalue weighted by atomic mass is 9.51. The zero-order valence-electron chi connectivity index (χ0n) is 15.1. The zero-order valence-corrected chi connectivity index (χ0v) is 15.1. The van der Waals surface area contributed by atoms with Gasteiger partial charge in [-0.3, -0.25) is 4.79 Å². The predicted octanol–water partition coefficient (Wildman–Crippen LogP) is 3.67. The Balaban J connectivity index is 2.74. The third-order valence-electron chi connectivity index (χ3n) is 7.01. The lowest BCUT2D eigenvalue weighted by Crippen LogP contribution is -2.63. The normalized spacial score (nSPS) is 46.2. The van der Waals surface area contributed by atoms with E-state index in [0.29, 0.717) is 0 Å². The van der Waals surface area contributed by atoms with Crippen LogP contribution in [0, 0.1) is 10.8 Å². The molecule has 0 aromatic heterocycles. The fourth-order valence-corrected chi connectivity index (χ4v) is 4.74. The van der Waals surface area contributed by atoms with Gasteiger partial charge >= 0.3 is 5.97 Å². The summed E-state index contributed by atoms with van der Waals surface area (Å²) in [4.78, 5) is 11.8. The van der Waals surface area contributed by atoms with Crippen molar-refractivity contribution in [2.24, 2.45) is 10.8 Å². The largest absolute Gasteiger partial charge is 0.456 e. The molecule has 4 heteroatoms. The molecule has 2 rings (SSSR count). The van der Waals surface area contributed by atoms with Crippen LogP contribution in [-0.4, -0.2) is 28.6 Å². The van der Waals surface area contributed by atoms with E-state index in [1.165, 1.54) is 6.92 Å². The van der Waals surface area contributed by atoms with E-state index < -0.39 is 28.0 Å². The second kappa shape index (κ2) is 3.83. The van der Waals surface area contributed by atoms with Gasteiger partial charge in [-0.05, 0) is 48.5 Å². The molecule has 0 aliphatic carbocycles. The molecule has 0 saturated carbocycles. The monoisotopic (exact) mass is 298 g/mol. The molecule has 0 radical (unpaired) electrons. The molecule has 0 aromatic carbocycles. The van der Waals surface area contributed by atoms with E-state index in [-0.39, 0.29) is 11.4 Å². The minimum Gasteiger partial charge on any atom is -0.456 e. The quantitative estimate of drug-likeness (QED) is 0.693. The van der Waals surface area contributed by atoms with Crippen LogP contribution >= 0.6 is 0 Å². The maximum atomic E-state index is 11.8. The standard InChI is InChI=1S/C17H30O4/c1-11(18)19-16(9)14(6,7)21-17(10)15(16,8)12(2,3)13(4,5)20-17/h1-10H3/t15-,16+,17+/m0/s1. The molecule has 2 saturated heterocycles. The molecule has 0 unspecified atom stereocenters. The Morgan fingerprint density at radius 3 is 1.67 bits per heavy atom. The van der Waals surface area contributed by atoms with E-state index in [4.69, 9.17) is 14.2 Å². The fourth-order valence-electron chi connectivity index (χ4n) is 4.74. The van der Waals surface area contributed by atoms with Crippen LogP contribution in [0.5, 0.6) is 0 Å². The van der Waals surface area contributed by atoms with Crippen molar-refractivity contribution in [3.63, 3.8) is 0 Å². The molecular formula is C17H30O4. The van der Waals surface area contributed by atoms with E-state index >= 15 is 0 Å². The summed E-state index contributed by atoms with van der Waals surface area (Å²) in [6, 6.07) is 0. The molecule has 0 amide bonds. The molecule has 2 heterocycles. The first-order chi connectivity index (χ1) is 9.08. The average molecular weight is 298 g/mol.